The molecule has 7 heteroatoms. The zero-order valence-electron chi connectivity index (χ0n) is 17.0. The van der Waals surface area contributed by atoms with E-state index in [9.17, 15) is 4.79 Å². The number of hydrogen-bond donors (Lipinski definition) is 1. The Balaban J connectivity index is 1.57. The van der Waals surface area contributed by atoms with Crippen molar-refractivity contribution in [3.05, 3.63) is 71.5 Å². The number of carbonyl (C=O) groups excluding carboxylic acids is 1. The minimum atomic E-state index is -0.244. The second-order valence-electron chi connectivity index (χ2n) is 6.71. The molecule has 3 aromatic rings. The number of nitrogens with zero attached hydrogens (tertiary/aromatic N) is 3. The molecule has 0 aliphatic heterocycles. The molecule has 2 aromatic carbocycles. The fourth-order valence-electron chi connectivity index (χ4n) is 2.86. The Kier molecular flexibility index (Phi) is 7.30. The van der Waals surface area contributed by atoms with Gasteiger partial charge < -0.3 is 14.6 Å². The van der Waals surface area contributed by atoms with Crippen LogP contribution in [-0.2, 0) is 17.9 Å². The van der Waals surface area contributed by atoms with Gasteiger partial charge in [0.1, 0.15) is 5.75 Å². The van der Waals surface area contributed by atoms with Gasteiger partial charge in [-0.05, 0) is 38.5 Å². The van der Waals surface area contributed by atoms with Crippen molar-refractivity contribution in [2.24, 2.45) is 0 Å². The van der Waals surface area contributed by atoms with Gasteiger partial charge in [-0.15, -0.1) is 10.2 Å². The molecule has 1 atom stereocenters. The number of nitrogens with one attached hydrogen (secondary N) is 1. The third kappa shape index (κ3) is 5.84. The summed E-state index contributed by atoms with van der Waals surface area (Å²) in [6, 6.07) is 17.8. The van der Waals surface area contributed by atoms with Gasteiger partial charge in [-0.2, -0.15) is 0 Å². The van der Waals surface area contributed by atoms with Gasteiger partial charge in [-0.1, -0.05) is 59.8 Å². The second kappa shape index (κ2) is 10.1. The molecule has 6 nitrogen and oxygen atoms in total. The van der Waals surface area contributed by atoms with Crippen molar-refractivity contribution in [2.75, 3.05) is 5.75 Å². The van der Waals surface area contributed by atoms with Crippen LogP contribution in [0, 0.1) is 6.92 Å². The highest BCUT2D eigenvalue weighted by molar-refractivity contribution is 7.99. The van der Waals surface area contributed by atoms with Crippen molar-refractivity contribution in [3.63, 3.8) is 0 Å². The fraction of sp³-hybridized carbons (Fsp3) is 0.318. The van der Waals surface area contributed by atoms with Crippen LogP contribution in [-0.4, -0.2) is 26.4 Å². The van der Waals surface area contributed by atoms with Crippen LogP contribution in [0.5, 0.6) is 5.75 Å². The van der Waals surface area contributed by atoms with Gasteiger partial charge in [0.15, 0.2) is 17.1 Å². The van der Waals surface area contributed by atoms with E-state index >= 15 is 0 Å². The molecule has 0 saturated heterocycles. The van der Waals surface area contributed by atoms with Crippen LogP contribution in [0.15, 0.2) is 59.8 Å². The van der Waals surface area contributed by atoms with Crippen LogP contribution in [0.3, 0.4) is 0 Å². The largest absolute Gasteiger partial charge is 0.483 e. The lowest BCUT2D eigenvalue weighted by Crippen LogP contribution is -2.24. The molecule has 1 N–H and O–H groups in total. The van der Waals surface area contributed by atoms with E-state index in [-0.39, 0.29) is 17.8 Å². The molecule has 1 unspecified atom stereocenters. The maximum Gasteiger partial charge on any atom is 0.230 e. The minimum Gasteiger partial charge on any atom is -0.483 e. The molecule has 0 aliphatic carbocycles. The van der Waals surface area contributed by atoms with Crippen molar-refractivity contribution in [3.8, 4) is 5.75 Å². The second-order valence-corrected chi connectivity index (χ2v) is 7.65. The summed E-state index contributed by atoms with van der Waals surface area (Å²) < 4.78 is 8.01. The van der Waals surface area contributed by atoms with Crippen molar-refractivity contribution < 1.29 is 9.53 Å². The average Bonchev–Trinajstić information content (AvgIpc) is 3.16. The maximum atomic E-state index is 12.2. The summed E-state index contributed by atoms with van der Waals surface area (Å²) in [7, 11) is 0. The molecule has 3 rings (SSSR count). The molecule has 0 saturated carbocycles. The maximum absolute atomic E-state index is 12.2. The Labute approximate surface area is 175 Å². The van der Waals surface area contributed by atoms with Crippen LogP contribution in [0.25, 0.3) is 0 Å². The van der Waals surface area contributed by atoms with Crippen molar-refractivity contribution in [2.45, 2.75) is 45.1 Å². The van der Waals surface area contributed by atoms with Gasteiger partial charge in [0, 0.05) is 13.1 Å². The first kappa shape index (κ1) is 20.9. The lowest BCUT2D eigenvalue weighted by molar-refractivity contribution is -0.118. The molecule has 1 heterocycles. The summed E-state index contributed by atoms with van der Waals surface area (Å²) in [5, 5.41) is 12.2. The Hall–Kier alpha value is -2.80. The third-order valence-corrected chi connectivity index (χ3v) is 5.39. The van der Waals surface area contributed by atoms with Gasteiger partial charge in [0.05, 0.1) is 5.75 Å². The van der Waals surface area contributed by atoms with E-state index in [4.69, 9.17) is 4.74 Å². The van der Waals surface area contributed by atoms with Crippen molar-refractivity contribution in [1.29, 1.82) is 0 Å². The number of ether oxygens (including phenoxy) is 1. The zero-order chi connectivity index (χ0) is 20.6. The van der Waals surface area contributed by atoms with Crippen LogP contribution >= 0.6 is 11.8 Å². The van der Waals surface area contributed by atoms with Crippen molar-refractivity contribution >= 4 is 17.7 Å². The number of amides is 1. The van der Waals surface area contributed by atoms with Crippen LogP contribution in [0.4, 0.5) is 0 Å². The summed E-state index contributed by atoms with van der Waals surface area (Å²) in [6.45, 7) is 7.26. The molecule has 0 fully saturated rings. The van der Waals surface area contributed by atoms with Gasteiger partial charge in [-0.3, -0.25) is 4.79 Å². The van der Waals surface area contributed by atoms with Crippen LogP contribution in [0.2, 0.25) is 0 Å². The first-order valence-electron chi connectivity index (χ1n) is 9.66. The van der Waals surface area contributed by atoms with Gasteiger partial charge in [0.25, 0.3) is 0 Å². The molecule has 29 heavy (non-hydrogen) atoms. The lowest BCUT2D eigenvalue weighted by atomic mass is 10.2. The van der Waals surface area contributed by atoms with Crippen LogP contribution in [0.1, 0.15) is 36.9 Å². The lowest BCUT2D eigenvalue weighted by Gasteiger charge is -2.15. The van der Waals surface area contributed by atoms with Crippen molar-refractivity contribution in [1.82, 2.24) is 20.1 Å². The number of aromatic nitrogens is 3. The van der Waals surface area contributed by atoms with E-state index in [0.717, 1.165) is 22.3 Å². The molecule has 0 radical (unpaired) electrons. The molecule has 1 aromatic heterocycles. The normalized spacial score (nSPS) is 11.8. The smallest absolute Gasteiger partial charge is 0.230 e. The number of thioether (sulfide) groups is 1. The minimum absolute atomic E-state index is 0.0324. The van der Waals surface area contributed by atoms with Crippen LogP contribution < -0.4 is 10.1 Å². The number of carbonyl (C=O) groups is 1. The standard InChI is InChI=1S/C22H26N4O2S/c1-4-26-21(17(3)28-19-12-10-16(2)11-13-19)24-25-22(26)29-15-20(27)23-14-18-8-6-5-7-9-18/h5-13,17H,4,14-15H2,1-3H3,(H,23,27). The quantitative estimate of drug-likeness (QED) is 0.537. The first-order valence-corrected chi connectivity index (χ1v) is 10.6. The summed E-state index contributed by atoms with van der Waals surface area (Å²) in [4.78, 5) is 12.2. The predicted octanol–water partition coefficient (Wildman–Crippen LogP) is 4.15. The number of aryl methyl sites for hydroxylation is 1. The van der Waals surface area contributed by atoms with Gasteiger partial charge in [0.2, 0.25) is 5.91 Å². The summed E-state index contributed by atoms with van der Waals surface area (Å²) in [5.41, 5.74) is 2.26. The third-order valence-electron chi connectivity index (χ3n) is 4.42. The molecule has 152 valence electrons. The highest BCUT2D eigenvalue weighted by Crippen LogP contribution is 2.24. The zero-order valence-corrected chi connectivity index (χ0v) is 17.8. The highest BCUT2D eigenvalue weighted by Gasteiger charge is 2.19. The molecule has 0 bridgehead atoms. The number of benzene rings is 2. The molecular formula is C22H26N4O2S. The van der Waals surface area contributed by atoms with E-state index in [1.165, 1.54) is 17.3 Å². The molecular weight excluding hydrogens is 384 g/mol. The summed E-state index contributed by atoms with van der Waals surface area (Å²) in [6.07, 6.45) is -0.244. The van der Waals surface area contributed by atoms with E-state index in [1.807, 2.05) is 79.9 Å². The Morgan fingerprint density at radius 3 is 2.55 bits per heavy atom. The predicted molar refractivity (Wildman–Crippen MR) is 115 cm³/mol. The topological polar surface area (TPSA) is 69.0 Å². The van der Waals surface area contributed by atoms with E-state index in [0.29, 0.717) is 13.1 Å². The Morgan fingerprint density at radius 2 is 1.86 bits per heavy atom. The monoisotopic (exact) mass is 410 g/mol. The Morgan fingerprint density at radius 1 is 1.14 bits per heavy atom. The molecule has 1 amide bonds. The summed E-state index contributed by atoms with van der Waals surface area (Å²) >= 11 is 1.38. The number of hydrogen-bond acceptors (Lipinski definition) is 5. The fourth-order valence-corrected chi connectivity index (χ4v) is 3.70. The SMILES string of the molecule is CCn1c(SCC(=O)NCc2ccccc2)nnc1C(C)Oc1ccc(C)cc1. The van der Waals surface area contributed by atoms with Gasteiger partial charge >= 0.3 is 0 Å². The highest BCUT2D eigenvalue weighted by atomic mass is 32.2. The summed E-state index contributed by atoms with van der Waals surface area (Å²) in [5.74, 6) is 1.80. The molecule has 0 spiro atoms. The van der Waals surface area contributed by atoms with Gasteiger partial charge in [-0.25, -0.2) is 0 Å². The Bertz CT molecular complexity index is 926. The molecule has 0 aliphatic rings. The average molecular weight is 411 g/mol. The first-order chi connectivity index (χ1) is 14.1. The number of rotatable bonds is 9. The van der Waals surface area contributed by atoms with E-state index in [2.05, 4.69) is 15.5 Å². The van der Waals surface area contributed by atoms with E-state index < -0.39 is 0 Å². The van der Waals surface area contributed by atoms with E-state index in [1.54, 1.807) is 0 Å².